The zero-order valence-electron chi connectivity index (χ0n) is 14.6. The van der Waals surface area contributed by atoms with Crippen LogP contribution in [0.25, 0.3) is 11.3 Å². The van der Waals surface area contributed by atoms with Crippen molar-refractivity contribution in [3.8, 4) is 11.3 Å². The van der Waals surface area contributed by atoms with Gasteiger partial charge in [-0.25, -0.2) is 9.97 Å². The predicted molar refractivity (Wildman–Crippen MR) is 108 cm³/mol. The summed E-state index contributed by atoms with van der Waals surface area (Å²) in [5.41, 5.74) is 4.19. The fourth-order valence-electron chi connectivity index (χ4n) is 2.47. The summed E-state index contributed by atoms with van der Waals surface area (Å²) in [7, 11) is 0. The number of nitrogens with two attached hydrogens (primary N) is 1. The molecule has 1 aromatic heterocycles. The van der Waals surface area contributed by atoms with E-state index < -0.39 is 5.51 Å². The van der Waals surface area contributed by atoms with Crippen molar-refractivity contribution in [2.24, 2.45) is 5.73 Å². The highest BCUT2D eigenvalue weighted by Gasteiger charge is 2.29. The second-order valence-corrected chi connectivity index (χ2v) is 6.90. The fraction of sp³-hybridized carbons (Fsp3) is 0.158. The molecule has 3 N–H and O–H groups in total. The molecule has 0 unspecified atom stereocenters. The highest BCUT2D eigenvalue weighted by atomic mass is 35.5. The number of benzene rings is 2. The van der Waals surface area contributed by atoms with Crippen LogP contribution in [0.3, 0.4) is 0 Å². The monoisotopic (exact) mass is 426 g/mol. The van der Waals surface area contributed by atoms with Crippen LogP contribution in [0.4, 0.5) is 19.0 Å². The van der Waals surface area contributed by atoms with E-state index >= 15 is 0 Å². The molecule has 3 aromatic rings. The lowest BCUT2D eigenvalue weighted by atomic mass is 10.1. The van der Waals surface area contributed by atoms with Crippen LogP contribution in [0.1, 0.15) is 11.6 Å². The van der Waals surface area contributed by atoms with Gasteiger partial charge in [0, 0.05) is 29.1 Å². The van der Waals surface area contributed by atoms with E-state index in [-0.39, 0.29) is 35.1 Å². The maximum atomic E-state index is 12.4. The summed E-state index contributed by atoms with van der Waals surface area (Å²) in [5, 5.41) is 3.17. The van der Waals surface area contributed by atoms with Crippen LogP contribution in [-0.2, 0) is 0 Å². The average molecular weight is 427 g/mol. The number of anilines is 1. The molecule has 0 saturated carbocycles. The molecule has 9 heteroatoms. The van der Waals surface area contributed by atoms with Crippen LogP contribution >= 0.6 is 24.2 Å². The van der Waals surface area contributed by atoms with Gasteiger partial charge in [0.15, 0.2) is 0 Å². The number of hydrogen-bond acceptors (Lipinski definition) is 5. The van der Waals surface area contributed by atoms with E-state index in [0.717, 1.165) is 5.56 Å². The van der Waals surface area contributed by atoms with Crippen molar-refractivity contribution in [3.05, 3.63) is 72.6 Å². The fourth-order valence-corrected chi connectivity index (χ4v) is 3.01. The number of thioether (sulfide) groups is 1. The van der Waals surface area contributed by atoms with Gasteiger partial charge in [0.1, 0.15) is 12.1 Å². The minimum absolute atomic E-state index is 0. The summed E-state index contributed by atoms with van der Waals surface area (Å²) in [6.07, 6.45) is 1.41. The van der Waals surface area contributed by atoms with E-state index in [1.54, 1.807) is 18.2 Å². The Morgan fingerprint density at radius 2 is 1.68 bits per heavy atom. The van der Waals surface area contributed by atoms with Crippen molar-refractivity contribution in [2.45, 2.75) is 16.4 Å². The molecule has 0 saturated heterocycles. The van der Waals surface area contributed by atoms with Gasteiger partial charge in [-0.15, -0.1) is 12.4 Å². The summed E-state index contributed by atoms with van der Waals surface area (Å²) in [6.45, 7) is 0.488. The molecule has 4 nitrogen and oxygen atoms in total. The molecule has 0 aliphatic rings. The maximum absolute atomic E-state index is 12.4. The van der Waals surface area contributed by atoms with Crippen LogP contribution < -0.4 is 11.1 Å². The molecule has 0 amide bonds. The van der Waals surface area contributed by atoms with Crippen molar-refractivity contribution in [3.63, 3.8) is 0 Å². The summed E-state index contributed by atoms with van der Waals surface area (Å²) in [5.74, 6) is 0.597. The van der Waals surface area contributed by atoms with Gasteiger partial charge < -0.3 is 11.1 Å². The minimum Gasteiger partial charge on any atom is -0.368 e. The second-order valence-electron chi connectivity index (χ2n) is 5.76. The largest absolute Gasteiger partial charge is 0.446 e. The van der Waals surface area contributed by atoms with E-state index in [1.165, 1.54) is 18.5 Å². The number of aromatic nitrogens is 2. The topological polar surface area (TPSA) is 63.8 Å². The van der Waals surface area contributed by atoms with Gasteiger partial charge in [0.25, 0.3) is 0 Å². The Morgan fingerprint density at radius 3 is 2.32 bits per heavy atom. The second kappa shape index (κ2) is 9.77. The van der Waals surface area contributed by atoms with E-state index in [4.69, 9.17) is 5.73 Å². The van der Waals surface area contributed by atoms with Crippen molar-refractivity contribution in [2.75, 3.05) is 11.9 Å². The Bertz CT molecular complexity index is 876. The zero-order chi connectivity index (χ0) is 19.3. The highest BCUT2D eigenvalue weighted by Crippen LogP contribution is 2.37. The molecule has 148 valence electrons. The Balaban J connectivity index is 0.00000280. The number of hydrogen-bond donors (Lipinski definition) is 2. The lowest BCUT2D eigenvalue weighted by molar-refractivity contribution is -0.0328. The first-order chi connectivity index (χ1) is 12.9. The van der Waals surface area contributed by atoms with Crippen LogP contribution in [0, 0.1) is 0 Å². The molecule has 28 heavy (non-hydrogen) atoms. The van der Waals surface area contributed by atoms with Gasteiger partial charge in [-0.1, -0.05) is 42.5 Å². The van der Waals surface area contributed by atoms with E-state index in [9.17, 15) is 13.2 Å². The summed E-state index contributed by atoms with van der Waals surface area (Å²) in [6, 6.07) is 17.3. The smallest absolute Gasteiger partial charge is 0.368 e. The van der Waals surface area contributed by atoms with Crippen LogP contribution in [0.2, 0.25) is 0 Å². The van der Waals surface area contributed by atoms with Gasteiger partial charge in [-0.3, -0.25) is 0 Å². The van der Waals surface area contributed by atoms with Gasteiger partial charge in [-0.2, -0.15) is 13.2 Å². The molecular weight excluding hydrogens is 409 g/mol. The lowest BCUT2D eigenvalue weighted by Gasteiger charge is -2.14. The van der Waals surface area contributed by atoms with Crippen molar-refractivity contribution in [1.29, 1.82) is 0 Å². The Labute approximate surface area is 171 Å². The molecule has 0 bridgehead atoms. The third kappa shape index (κ3) is 6.40. The SMILES string of the molecule is Cl.N[C@@H](CNc1cc(-c2ccc(SC(F)(F)F)cc2)ncn1)c1ccccc1. The summed E-state index contributed by atoms with van der Waals surface area (Å²) in [4.78, 5) is 8.49. The van der Waals surface area contributed by atoms with Gasteiger partial charge in [-0.05, 0) is 29.5 Å². The van der Waals surface area contributed by atoms with E-state index in [0.29, 0.717) is 23.6 Å². The van der Waals surface area contributed by atoms with Crippen molar-refractivity contribution >= 4 is 30.0 Å². The van der Waals surface area contributed by atoms with Crippen molar-refractivity contribution < 1.29 is 13.2 Å². The predicted octanol–water partition coefficient (Wildman–Crippen LogP) is 5.29. The first-order valence-corrected chi connectivity index (χ1v) is 8.95. The normalized spacial score (nSPS) is 12.1. The Morgan fingerprint density at radius 1 is 1.00 bits per heavy atom. The molecular formula is C19H18ClF3N4S. The first-order valence-electron chi connectivity index (χ1n) is 8.13. The average Bonchev–Trinajstić information content (AvgIpc) is 2.66. The molecule has 1 heterocycles. The number of rotatable bonds is 6. The molecule has 0 radical (unpaired) electrons. The Hall–Kier alpha value is -2.29. The number of nitrogens with one attached hydrogen (secondary N) is 1. The zero-order valence-corrected chi connectivity index (χ0v) is 16.2. The quantitative estimate of drug-likeness (QED) is 0.524. The number of halogens is 4. The van der Waals surface area contributed by atoms with Crippen LogP contribution in [0.5, 0.6) is 0 Å². The van der Waals surface area contributed by atoms with Crippen molar-refractivity contribution in [1.82, 2.24) is 9.97 Å². The summed E-state index contributed by atoms with van der Waals surface area (Å²) >= 11 is -0.142. The molecule has 3 rings (SSSR count). The first kappa shape index (κ1) is 22.0. The van der Waals surface area contributed by atoms with Gasteiger partial charge >= 0.3 is 5.51 Å². The van der Waals surface area contributed by atoms with E-state index in [2.05, 4.69) is 15.3 Å². The number of alkyl halides is 3. The third-order valence-corrected chi connectivity index (χ3v) is 4.52. The van der Waals surface area contributed by atoms with Crippen LogP contribution in [-0.4, -0.2) is 22.0 Å². The molecule has 1 atom stereocenters. The molecule has 0 spiro atoms. The molecule has 0 aliphatic heterocycles. The van der Waals surface area contributed by atoms with Crippen LogP contribution in [0.15, 0.2) is 71.9 Å². The van der Waals surface area contributed by atoms with Gasteiger partial charge in [0.05, 0.1) is 5.69 Å². The standard InChI is InChI=1S/C19H17F3N4S.ClH/c20-19(21,22)27-15-8-6-14(7-9-15)17-10-18(26-12-25-17)24-11-16(23)13-4-2-1-3-5-13;/h1-10,12,16H,11,23H2,(H,24,25,26);1H/t16-;/m0./s1. The molecule has 0 fully saturated rings. The van der Waals surface area contributed by atoms with Gasteiger partial charge in [0.2, 0.25) is 0 Å². The minimum atomic E-state index is -4.30. The third-order valence-electron chi connectivity index (χ3n) is 3.78. The molecule has 0 aliphatic carbocycles. The highest BCUT2D eigenvalue weighted by molar-refractivity contribution is 8.00. The van der Waals surface area contributed by atoms with E-state index in [1.807, 2.05) is 30.3 Å². The summed E-state index contributed by atoms with van der Waals surface area (Å²) < 4.78 is 37.2. The number of nitrogens with zero attached hydrogens (tertiary/aromatic N) is 2. The molecule has 2 aromatic carbocycles. The maximum Gasteiger partial charge on any atom is 0.446 e. The lowest BCUT2D eigenvalue weighted by Crippen LogP contribution is -2.20. The Kier molecular flexibility index (Phi) is 7.68.